The van der Waals surface area contributed by atoms with E-state index in [1.54, 1.807) is 13.8 Å². The van der Waals surface area contributed by atoms with Gasteiger partial charge in [-0.3, -0.25) is 4.79 Å². The van der Waals surface area contributed by atoms with E-state index >= 15 is 0 Å². The summed E-state index contributed by atoms with van der Waals surface area (Å²) in [4.78, 5) is 15.2. The van der Waals surface area contributed by atoms with Crippen LogP contribution in [-0.4, -0.2) is 23.5 Å². The first-order chi connectivity index (χ1) is 7.83. The van der Waals surface area contributed by atoms with Crippen LogP contribution in [0.4, 0.5) is 19.0 Å². The molecule has 0 unspecified atom stereocenters. The van der Waals surface area contributed by atoms with Crippen molar-refractivity contribution in [3.05, 3.63) is 23.4 Å². The summed E-state index contributed by atoms with van der Waals surface area (Å²) in [5.41, 5.74) is 0.941. The molecular weight excluding hydrogens is 233 g/mol. The van der Waals surface area contributed by atoms with Crippen molar-refractivity contribution in [3.8, 4) is 0 Å². The van der Waals surface area contributed by atoms with Gasteiger partial charge in [0.2, 0.25) is 0 Å². The molecule has 0 saturated heterocycles. The molecule has 0 aliphatic carbocycles. The van der Waals surface area contributed by atoms with Gasteiger partial charge in [-0.15, -0.1) is 0 Å². The largest absolute Gasteiger partial charge is 0.405 e. The number of nitrogens with zero attached hydrogens (tertiary/aromatic N) is 1. The van der Waals surface area contributed by atoms with E-state index in [9.17, 15) is 18.0 Å². The van der Waals surface area contributed by atoms with Gasteiger partial charge in [0, 0.05) is 18.2 Å². The maximum absolute atomic E-state index is 12.0. The Kier molecular flexibility index (Phi) is 4.09. The van der Waals surface area contributed by atoms with Gasteiger partial charge in [0.25, 0.3) is 0 Å². The predicted molar refractivity (Wildman–Crippen MR) is 58.1 cm³/mol. The Morgan fingerprint density at radius 3 is 2.59 bits per heavy atom. The smallest absolute Gasteiger partial charge is 0.361 e. The lowest BCUT2D eigenvalue weighted by molar-refractivity contribution is -0.115. The zero-order chi connectivity index (χ0) is 13.1. The minimum atomic E-state index is -4.29. The number of hydrogen-bond acceptors (Lipinski definition) is 3. The number of anilines is 1. The Hall–Kier alpha value is -1.59. The Balaban J connectivity index is 2.80. The Morgan fingerprint density at radius 1 is 1.47 bits per heavy atom. The molecule has 0 amide bonds. The molecule has 0 aliphatic heterocycles. The van der Waals surface area contributed by atoms with Crippen molar-refractivity contribution < 1.29 is 18.0 Å². The first-order valence-corrected chi connectivity index (χ1v) is 5.14. The normalized spacial score (nSPS) is 11.4. The molecule has 0 aromatic carbocycles. The van der Waals surface area contributed by atoms with Crippen LogP contribution in [0.3, 0.4) is 0 Å². The lowest BCUT2D eigenvalue weighted by atomic mass is 10.1. The summed E-state index contributed by atoms with van der Waals surface area (Å²) < 4.78 is 36.0. The number of halogens is 3. The molecule has 6 heteroatoms. The average molecular weight is 246 g/mol. The zero-order valence-electron chi connectivity index (χ0n) is 9.56. The highest BCUT2D eigenvalue weighted by atomic mass is 19.4. The highest BCUT2D eigenvalue weighted by molar-refractivity contribution is 5.95. The van der Waals surface area contributed by atoms with Crippen LogP contribution in [0.15, 0.2) is 12.3 Å². The Bertz CT molecular complexity index is 416. The average Bonchev–Trinajstić information content (AvgIpc) is 2.25. The second-order valence-corrected chi connectivity index (χ2v) is 3.63. The number of nitrogens with one attached hydrogen (secondary N) is 1. The standard InChI is InChI=1S/C11H13F3N2O/c1-3-9(17)8-4-7(2)10(15-5-8)16-6-11(12,13)14/h4-5H,3,6H2,1-2H3,(H,15,16). The molecule has 1 N–H and O–H groups in total. The van der Waals surface area contributed by atoms with Crippen LogP contribution in [0.1, 0.15) is 29.3 Å². The summed E-state index contributed by atoms with van der Waals surface area (Å²) in [5, 5.41) is 2.19. The lowest BCUT2D eigenvalue weighted by Gasteiger charge is -2.11. The van der Waals surface area contributed by atoms with Crippen molar-refractivity contribution in [3.63, 3.8) is 0 Å². The number of Topliss-reactive ketones (excluding diaryl/α,β-unsaturated/α-hetero) is 1. The molecule has 0 spiro atoms. The number of carbonyl (C=O) groups excluding carboxylic acids is 1. The van der Waals surface area contributed by atoms with Crippen LogP contribution < -0.4 is 5.32 Å². The van der Waals surface area contributed by atoms with E-state index in [1.807, 2.05) is 0 Å². The van der Waals surface area contributed by atoms with Gasteiger partial charge >= 0.3 is 6.18 Å². The Labute approximate surface area is 97.0 Å². The molecule has 0 saturated carbocycles. The summed E-state index contributed by atoms with van der Waals surface area (Å²) in [7, 11) is 0. The van der Waals surface area contributed by atoms with Crippen molar-refractivity contribution in [1.82, 2.24) is 4.98 Å². The predicted octanol–water partition coefficient (Wildman–Crippen LogP) is 2.96. The molecule has 17 heavy (non-hydrogen) atoms. The minimum Gasteiger partial charge on any atom is -0.361 e. The summed E-state index contributed by atoms with van der Waals surface area (Å²) in [6.07, 6.45) is -2.65. The van der Waals surface area contributed by atoms with E-state index in [4.69, 9.17) is 0 Å². The number of aryl methyl sites for hydroxylation is 1. The number of carbonyl (C=O) groups is 1. The molecule has 1 aromatic rings. The molecule has 0 aliphatic rings. The first-order valence-electron chi connectivity index (χ1n) is 5.14. The van der Waals surface area contributed by atoms with Crippen LogP contribution in [-0.2, 0) is 0 Å². The fourth-order valence-corrected chi connectivity index (χ4v) is 1.30. The lowest BCUT2D eigenvalue weighted by Crippen LogP contribution is -2.22. The van der Waals surface area contributed by atoms with Crippen LogP contribution in [0.25, 0.3) is 0 Å². The molecule has 94 valence electrons. The number of ketones is 1. The van der Waals surface area contributed by atoms with Gasteiger partial charge in [0.1, 0.15) is 12.4 Å². The SMILES string of the molecule is CCC(=O)c1cnc(NCC(F)(F)F)c(C)c1. The third-order valence-corrected chi connectivity index (χ3v) is 2.18. The third kappa shape index (κ3) is 4.05. The second kappa shape index (κ2) is 5.16. The molecule has 0 atom stereocenters. The molecule has 0 radical (unpaired) electrons. The topological polar surface area (TPSA) is 42.0 Å². The van der Waals surface area contributed by atoms with Gasteiger partial charge in [0.05, 0.1) is 0 Å². The maximum atomic E-state index is 12.0. The second-order valence-electron chi connectivity index (χ2n) is 3.63. The number of rotatable bonds is 4. The van der Waals surface area contributed by atoms with Crippen LogP contribution >= 0.6 is 0 Å². The van der Waals surface area contributed by atoms with Gasteiger partial charge in [-0.2, -0.15) is 13.2 Å². The Morgan fingerprint density at radius 2 is 2.12 bits per heavy atom. The quantitative estimate of drug-likeness (QED) is 0.830. The molecule has 1 rings (SSSR count). The molecular formula is C11H13F3N2O. The number of aromatic nitrogens is 1. The monoisotopic (exact) mass is 246 g/mol. The van der Waals surface area contributed by atoms with Crippen molar-refractivity contribution in [2.24, 2.45) is 0 Å². The van der Waals surface area contributed by atoms with E-state index < -0.39 is 12.7 Å². The molecule has 1 heterocycles. The maximum Gasteiger partial charge on any atom is 0.405 e. The van der Waals surface area contributed by atoms with Crippen LogP contribution in [0, 0.1) is 6.92 Å². The summed E-state index contributed by atoms with van der Waals surface area (Å²) in [6, 6.07) is 1.54. The van der Waals surface area contributed by atoms with Crippen molar-refractivity contribution in [2.45, 2.75) is 26.4 Å². The number of pyridine rings is 1. The van der Waals surface area contributed by atoms with Gasteiger partial charge < -0.3 is 5.32 Å². The van der Waals surface area contributed by atoms with E-state index in [-0.39, 0.29) is 11.6 Å². The van der Waals surface area contributed by atoms with E-state index in [0.29, 0.717) is 17.5 Å². The van der Waals surface area contributed by atoms with Crippen molar-refractivity contribution in [2.75, 3.05) is 11.9 Å². The first kappa shape index (κ1) is 13.5. The highest BCUT2D eigenvalue weighted by Crippen LogP contribution is 2.18. The van der Waals surface area contributed by atoms with Crippen LogP contribution in [0.5, 0.6) is 0 Å². The van der Waals surface area contributed by atoms with Gasteiger partial charge in [-0.05, 0) is 18.6 Å². The number of hydrogen-bond donors (Lipinski definition) is 1. The molecule has 1 aromatic heterocycles. The fraction of sp³-hybridized carbons (Fsp3) is 0.455. The van der Waals surface area contributed by atoms with Gasteiger partial charge in [-0.25, -0.2) is 4.98 Å². The summed E-state index contributed by atoms with van der Waals surface area (Å²) >= 11 is 0. The zero-order valence-corrected chi connectivity index (χ0v) is 9.56. The van der Waals surface area contributed by atoms with Crippen LogP contribution in [0.2, 0.25) is 0 Å². The third-order valence-electron chi connectivity index (χ3n) is 2.18. The summed E-state index contributed by atoms with van der Waals surface area (Å²) in [6.45, 7) is 2.19. The molecule has 0 bridgehead atoms. The number of alkyl halides is 3. The van der Waals surface area contributed by atoms with E-state index in [1.165, 1.54) is 12.3 Å². The highest BCUT2D eigenvalue weighted by Gasteiger charge is 2.27. The van der Waals surface area contributed by atoms with Gasteiger partial charge in [0.15, 0.2) is 5.78 Å². The van der Waals surface area contributed by atoms with E-state index in [2.05, 4.69) is 10.3 Å². The van der Waals surface area contributed by atoms with Gasteiger partial charge in [-0.1, -0.05) is 6.92 Å². The van der Waals surface area contributed by atoms with E-state index in [0.717, 1.165) is 0 Å². The van der Waals surface area contributed by atoms with Crippen molar-refractivity contribution >= 4 is 11.6 Å². The van der Waals surface area contributed by atoms with Crippen molar-refractivity contribution in [1.29, 1.82) is 0 Å². The molecule has 3 nitrogen and oxygen atoms in total. The minimum absolute atomic E-state index is 0.0806. The summed E-state index contributed by atoms with van der Waals surface area (Å²) in [5.74, 6) is 0.0675. The molecule has 0 fully saturated rings. The fourth-order valence-electron chi connectivity index (χ4n) is 1.30.